The van der Waals surface area contributed by atoms with E-state index in [1.807, 2.05) is 18.7 Å². The fraction of sp³-hybridized carbons (Fsp3) is 0.556. The minimum absolute atomic E-state index is 0.0181. The zero-order valence-electron chi connectivity index (χ0n) is 14.3. The Morgan fingerprint density at radius 2 is 2.04 bits per heavy atom. The highest BCUT2D eigenvalue weighted by Crippen LogP contribution is 2.37. The Kier molecular flexibility index (Phi) is 4.76. The summed E-state index contributed by atoms with van der Waals surface area (Å²) in [6.07, 6.45) is 2.19. The second kappa shape index (κ2) is 6.81. The third-order valence-electron chi connectivity index (χ3n) is 4.99. The molecule has 3 rings (SSSR count). The first-order valence-corrected chi connectivity index (χ1v) is 8.66. The molecule has 1 heterocycles. The largest absolute Gasteiger partial charge is 0.338 e. The SMILES string of the molecule is CC(C)NC(=O)Nc1cccc(C(=O)N2CC3CCC(N)C3C2)c1. The van der Waals surface area contributed by atoms with E-state index in [4.69, 9.17) is 5.73 Å². The van der Waals surface area contributed by atoms with Crippen LogP contribution in [0.25, 0.3) is 0 Å². The van der Waals surface area contributed by atoms with Gasteiger partial charge in [-0.25, -0.2) is 4.79 Å². The van der Waals surface area contributed by atoms with Gasteiger partial charge in [0, 0.05) is 36.4 Å². The Bertz CT molecular complexity index is 631. The number of nitrogens with two attached hydrogens (primary N) is 1. The lowest BCUT2D eigenvalue weighted by Gasteiger charge is -2.19. The van der Waals surface area contributed by atoms with Crippen LogP contribution < -0.4 is 16.4 Å². The zero-order chi connectivity index (χ0) is 17.3. The number of fused-ring (bicyclic) bond motifs is 1. The highest BCUT2D eigenvalue weighted by molar-refractivity contribution is 5.97. The predicted molar refractivity (Wildman–Crippen MR) is 93.8 cm³/mol. The Hall–Kier alpha value is -2.08. The van der Waals surface area contributed by atoms with Crippen molar-refractivity contribution in [2.45, 2.75) is 38.8 Å². The zero-order valence-corrected chi connectivity index (χ0v) is 14.3. The van der Waals surface area contributed by atoms with Gasteiger partial charge in [0.15, 0.2) is 0 Å². The van der Waals surface area contributed by atoms with Crippen LogP contribution in [-0.4, -0.2) is 42.0 Å². The van der Waals surface area contributed by atoms with E-state index in [1.165, 1.54) is 0 Å². The van der Waals surface area contributed by atoms with E-state index in [2.05, 4.69) is 10.6 Å². The lowest BCUT2D eigenvalue weighted by atomic mass is 9.98. The van der Waals surface area contributed by atoms with Crippen LogP contribution >= 0.6 is 0 Å². The maximum absolute atomic E-state index is 12.8. The fourth-order valence-electron chi connectivity index (χ4n) is 3.82. The molecule has 1 saturated heterocycles. The molecule has 1 aliphatic heterocycles. The molecule has 0 bridgehead atoms. The lowest BCUT2D eigenvalue weighted by molar-refractivity contribution is 0.0779. The molecule has 2 fully saturated rings. The van der Waals surface area contributed by atoms with E-state index in [0.29, 0.717) is 23.1 Å². The molecule has 3 amide bonds. The van der Waals surface area contributed by atoms with Crippen LogP contribution in [0.1, 0.15) is 37.0 Å². The third kappa shape index (κ3) is 3.53. The van der Waals surface area contributed by atoms with Crippen molar-refractivity contribution in [3.8, 4) is 0 Å². The quantitative estimate of drug-likeness (QED) is 0.792. The number of likely N-dealkylation sites (tertiary alicyclic amines) is 1. The molecule has 1 aliphatic carbocycles. The van der Waals surface area contributed by atoms with Crippen molar-refractivity contribution in [2.75, 3.05) is 18.4 Å². The van der Waals surface area contributed by atoms with Crippen molar-refractivity contribution in [2.24, 2.45) is 17.6 Å². The first-order valence-electron chi connectivity index (χ1n) is 8.66. The number of carbonyl (C=O) groups excluding carboxylic acids is 2. The van der Waals surface area contributed by atoms with Gasteiger partial charge in [-0.15, -0.1) is 0 Å². The maximum atomic E-state index is 12.8. The molecular weight excluding hydrogens is 304 g/mol. The number of benzene rings is 1. The van der Waals surface area contributed by atoms with E-state index in [1.54, 1.807) is 24.3 Å². The molecule has 3 unspecified atom stereocenters. The lowest BCUT2D eigenvalue weighted by Crippen LogP contribution is -2.34. The fourth-order valence-corrected chi connectivity index (χ4v) is 3.82. The molecule has 2 aliphatic rings. The molecule has 4 N–H and O–H groups in total. The van der Waals surface area contributed by atoms with Crippen LogP contribution in [0, 0.1) is 11.8 Å². The summed E-state index contributed by atoms with van der Waals surface area (Å²) in [7, 11) is 0. The molecule has 1 aromatic carbocycles. The van der Waals surface area contributed by atoms with Gasteiger partial charge in [-0.3, -0.25) is 4.79 Å². The molecule has 0 radical (unpaired) electrons. The topological polar surface area (TPSA) is 87.5 Å². The van der Waals surface area contributed by atoms with Gasteiger partial charge < -0.3 is 21.3 Å². The predicted octanol–water partition coefficient (Wildman–Crippen LogP) is 2.03. The number of amides is 3. The van der Waals surface area contributed by atoms with Crippen molar-refractivity contribution in [1.82, 2.24) is 10.2 Å². The summed E-state index contributed by atoms with van der Waals surface area (Å²) in [4.78, 5) is 26.5. The summed E-state index contributed by atoms with van der Waals surface area (Å²) in [5, 5.41) is 5.53. The van der Waals surface area contributed by atoms with Crippen molar-refractivity contribution >= 4 is 17.6 Å². The Labute approximate surface area is 142 Å². The third-order valence-corrected chi connectivity index (χ3v) is 4.99. The highest BCUT2D eigenvalue weighted by atomic mass is 16.2. The molecule has 1 aromatic rings. The van der Waals surface area contributed by atoms with E-state index in [-0.39, 0.29) is 24.0 Å². The molecule has 1 saturated carbocycles. The van der Waals surface area contributed by atoms with Gasteiger partial charge in [0.25, 0.3) is 5.91 Å². The van der Waals surface area contributed by atoms with Crippen molar-refractivity contribution < 1.29 is 9.59 Å². The number of hydrogen-bond acceptors (Lipinski definition) is 3. The second-order valence-corrected chi connectivity index (χ2v) is 7.21. The van der Waals surface area contributed by atoms with Crippen LogP contribution in [-0.2, 0) is 0 Å². The standard InChI is InChI=1S/C18H26N4O2/c1-11(2)20-18(24)21-14-5-3-4-12(8-14)17(23)22-9-13-6-7-16(19)15(13)10-22/h3-5,8,11,13,15-16H,6-7,9-10,19H2,1-2H3,(H2,20,21,24). The average molecular weight is 330 g/mol. The molecule has 6 nitrogen and oxygen atoms in total. The smallest absolute Gasteiger partial charge is 0.319 e. The van der Waals surface area contributed by atoms with Crippen molar-refractivity contribution in [1.29, 1.82) is 0 Å². The van der Waals surface area contributed by atoms with Crippen molar-refractivity contribution in [3.63, 3.8) is 0 Å². The molecule has 6 heteroatoms. The van der Waals surface area contributed by atoms with Crippen LogP contribution in [0.15, 0.2) is 24.3 Å². The average Bonchev–Trinajstić information content (AvgIpc) is 3.08. The summed E-state index contributed by atoms with van der Waals surface area (Å²) in [6.45, 7) is 5.34. The van der Waals surface area contributed by atoms with Gasteiger partial charge in [0.2, 0.25) is 0 Å². The van der Waals surface area contributed by atoms with Crippen LogP contribution in [0.5, 0.6) is 0 Å². The monoisotopic (exact) mass is 330 g/mol. The van der Waals surface area contributed by atoms with Crippen molar-refractivity contribution in [3.05, 3.63) is 29.8 Å². The number of nitrogens with zero attached hydrogens (tertiary/aromatic N) is 1. The number of anilines is 1. The van der Waals surface area contributed by atoms with Gasteiger partial charge in [-0.2, -0.15) is 0 Å². The molecule has 3 atom stereocenters. The number of urea groups is 1. The van der Waals surface area contributed by atoms with Gasteiger partial charge in [-0.1, -0.05) is 6.07 Å². The molecule has 0 spiro atoms. The first kappa shape index (κ1) is 16.8. The van der Waals surface area contributed by atoms with Crippen LogP contribution in [0.2, 0.25) is 0 Å². The normalized spacial score (nSPS) is 25.7. The van der Waals surface area contributed by atoms with Gasteiger partial charge in [-0.05, 0) is 56.7 Å². The summed E-state index contributed by atoms with van der Waals surface area (Å²) >= 11 is 0. The van der Waals surface area contributed by atoms with Gasteiger partial charge in [0.05, 0.1) is 0 Å². The maximum Gasteiger partial charge on any atom is 0.319 e. The Balaban J connectivity index is 1.66. The number of carbonyl (C=O) groups is 2. The number of rotatable bonds is 3. The summed E-state index contributed by atoms with van der Waals surface area (Å²) < 4.78 is 0. The summed E-state index contributed by atoms with van der Waals surface area (Å²) in [5.41, 5.74) is 7.37. The molecular formula is C18H26N4O2. The highest BCUT2D eigenvalue weighted by Gasteiger charge is 2.42. The Morgan fingerprint density at radius 3 is 2.75 bits per heavy atom. The van der Waals surface area contributed by atoms with Gasteiger partial charge >= 0.3 is 6.03 Å². The summed E-state index contributed by atoms with van der Waals surface area (Å²) in [6, 6.07) is 7.12. The molecule has 0 aromatic heterocycles. The van der Waals surface area contributed by atoms with Crippen LogP contribution in [0.4, 0.5) is 10.5 Å². The van der Waals surface area contributed by atoms with E-state index >= 15 is 0 Å². The second-order valence-electron chi connectivity index (χ2n) is 7.21. The van der Waals surface area contributed by atoms with E-state index in [9.17, 15) is 9.59 Å². The summed E-state index contributed by atoms with van der Waals surface area (Å²) in [5.74, 6) is 0.999. The van der Waals surface area contributed by atoms with E-state index < -0.39 is 0 Å². The van der Waals surface area contributed by atoms with E-state index in [0.717, 1.165) is 25.9 Å². The first-order chi connectivity index (χ1) is 11.4. The van der Waals surface area contributed by atoms with Gasteiger partial charge in [0.1, 0.15) is 0 Å². The van der Waals surface area contributed by atoms with Crippen LogP contribution in [0.3, 0.4) is 0 Å². The Morgan fingerprint density at radius 1 is 1.25 bits per heavy atom. The molecule has 24 heavy (non-hydrogen) atoms. The number of nitrogens with one attached hydrogen (secondary N) is 2. The molecule has 130 valence electrons. The number of hydrogen-bond donors (Lipinski definition) is 3. The minimum Gasteiger partial charge on any atom is -0.338 e. The minimum atomic E-state index is -0.267.